The number of sulfonamides is 1. The zero-order chi connectivity index (χ0) is 51.6. The number of benzene rings is 5. The number of piperazine rings is 2. The van der Waals surface area contributed by atoms with Crippen molar-refractivity contribution in [3.63, 3.8) is 0 Å². The second-order valence-electron chi connectivity index (χ2n) is 19.2. The number of hydrogen-bond acceptors (Lipinski definition) is 12. The van der Waals surface area contributed by atoms with Gasteiger partial charge >= 0.3 is 0 Å². The van der Waals surface area contributed by atoms with Crippen LogP contribution in [0.2, 0.25) is 0 Å². The lowest BCUT2D eigenvalue weighted by Crippen LogP contribution is -2.46. The molecule has 0 bridgehead atoms. The Morgan fingerprint density at radius 3 is 2.16 bits per heavy atom. The minimum atomic E-state index is -4.18. The second kappa shape index (κ2) is 24.1. The van der Waals surface area contributed by atoms with Crippen LogP contribution < -0.4 is 25.2 Å². The van der Waals surface area contributed by atoms with Crippen molar-refractivity contribution in [3.8, 4) is 22.4 Å². The van der Waals surface area contributed by atoms with Crippen LogP contribution in [-0.2, 0) is 17.1 Å². The first-order valence-corrected chi connectivity index (χ1v) is 27.4. The summed E-state index contributed by atoms with van der Waals surface area (Å²) in [5.41, 5.74) is 7.01. The molecule has 3 heterocycles. The first-order chi connectivity index (χ1) is 35.1. The maximum Gasteiger partial charge on any atom is 0.293 e. The summed E-state index contributed by atoms with van der Waals surface area (Å²) < 4.78 is 46.2. The van der Waals surface area contributed by atoms with Crippen molar-refractivity contribution in [2.24, 2.45) is 7.05 Å². The van der Waals surface area contributed by atoms with Crippen molar-refractivity contribution >= 4 is 56.1 Å². The number of thioether (sulfide) groups is 1. The minimum Gasteiger partial charge on any atom is -0.376 e. The molecule has 15 nitrogen and oxygen atoms in total. The maximum atomic E-state index is 14.2. The lowest BCUT2D eigenvalue weighted by atomic mass is 9.95. The van der Waals surface area contributed by atoms with E-state index in [1.165, 1.54) is 24.3 Å². The zero-order valence-electron chi connectivity index (χ0n) is 42.4. The molecule has 1 unspecified atom stereocenters. The Balaban J connectivity index is 0.920. The summed E-state index contributed by atoms with van der Waals surface area (Å²) in [6, 6.07) is 35.7. The molecule has 0 radical (unpaired) electrons. The number of nitrogens with zero attached hydrogens (tertiary/aromatic N) is 7. The van der Waals surface area contributed by atoms with E-state index in [2.05, 4.69) is 59.0 Å². The molecule has 3 N–H and O–H groups in total. The molecule has 73 heavy (non-hydrogen) atoms. The predicted octanol–water partition coefficient (Wildman–Crippen LogP) is 8.73. The van der Waals surface area contributed by atoms with Crippen LogP contribution in [0.1, 0.15) is 28.9 Å². The number of hydrogen-bond donors (Lipinski definition) is 3. The van der Waals surface area contributed by atoms with Crippen LogP contribution in [0.5, 0.6) is 0 Å². The molecule has 1 aromatic heterocycles. The van der Waals surface area contributed by atoms with E-state index in [1.807, 2.05) is 87.2 Å². The molecule has 0 saturated carbocycles. The van der Waals surface area contributed by atoms with Gasteiger partial charge in [0.05, 0.1) is 21.1 Å². The Kier molecular flexibility index (Phi) is 17.4. The van der Waals surface area contributed by atoms with Gasteiger partial charge in [0.25, 0.3) is 21.6 Å². The number of aromatic nitrogens is 1. The number of halogens is 1. The molecular weight excluding hydrogens is 964 g/mol. The minimum absolute atomic E-state index is 0.117. The van der Waals surface area contributed by atoms with E-state index >= 15 is 0 Å². The normalized spacial score (nSPS) is 15.1. The van der Waals surface area contributed by atoms with Crippen LogP contribution in [0.4, 0.5) is 32.8 Å². The molecule has 8 rings (SSSR count). The average molecular weight is 1030 g/mol. The van der Waals surface area contributed by atoms with E-state index in [4.69, 9.17) is 0 Å². The van der Waals surface area contributed by atoms with Crippen molar-refractivity contribution in [1.82, 2.24) is 24.6 Å². The van der Waals surface area contributed by atoms with Crippen molar-refractivity contribution in [3.05, 3.63) is 149 Å². The molecule has 5 aromatic carbocycles. The van der Waals surface area contributed by atoms with Crippen LogP contribution in [0, 0.1) is 22.9 Å². The highest BCUT2D eigenvalue weighted by Crippen LogP contribution is 2.40. The van der Waals surface area contributed by atoms with Gasteiger partial charge in [0.1, 0.15) is 11.5 Å². The third-order valence-electron chi connectivity index (χ3n) is 13.8. The fourth-order valence-corrected chi connectivity index (χ4v) is 11.6. The number of carbonyl (C=O) groups excluding carboxylic acids is 1. The van der Waals surface area contributed by atoms with Gasteiger partial charge in [-0.05, 0) is 150 Å². The van der Waals surface area contributed by atoms with Gasteiger partial charge in [-0.3, -0.25) is 19.6 Å². The molecule has 2 aliphatic rings. The van der Waals surface area contributed by atoms with Gasteiger partial charge in [-0.25, -0.2) is 12.8 Å². The first kappa shape index (κ1) is 52.9. The Bertz CT molecular complexity index is 2940. The van der Waals surface area contributed by atoms with Crippen molar-refractivity contribution in [1.29, 1.82) is 0 Å². The molecule has 2 aliphatic heterocycles. The molecule has 1 amide bonds. The van der Waals surface area contributed by atoms with Gasteiger partial charge in [0, 0.05) is 117 Å². The van der Waals surface area contributed by atoms with Crippen LogP contribution in [0.15, 0.2) is 131 Å². The highest BCUT2D eigenvalue weighted by molar-refractivity contribution is 7.99. The van der Waals surface area contributed by atoms with Crippen molar-refractivity contribution in [2.45, 2.75) is 35.6 Å². The molecule has 2 fully saturated rings. The molecule has 0 aliphatic carbocycles. The van der Waals surface area contributed by atoms with Crippen molar-refractivity contribution < 1.29 is 22.5 Å². The van der Waals surface area contributed by atoms with E-state index in [-0.39, 0.29) is 34.0 Å². The van der Waals surface area contributed by atoms with E-state index in [1.54, 1.807) is 36.0 Å². The third-order valence-corrected chi connectivity index (χ3v) is 16.3. The number of nitro groups is 1. The molecule has 1 atom stereocenters. The van der Waals surface area contributed by atoms with Crippen LogP contribution in [0.25, 0.3) is 22.4 Å². The lowest BCUT2D eigenvalue weighted by Gasteiger charge is -2.37. The van der Waals surface area contributed by atoms with Gasteiger partial charge in [0.15, 0.2) is 0 Å². The van der Waals surface area contributed by atoms with E-state index in [0.717, 1.165) is 103 Å². The zero-order valence-corrected chi connectivity index (χ0v) is 44.0. The van der Waals surface area contributed by atoms with Crippen LogP contribution >= 0.6 is 11.8 Å². The number of likely N-dealkylation sites (N-methyl/N-ethyl adjacent to an activating group) is 1. The Morgan fingerprint density at radius 2 is 1.49 bits per heavy atom. The Morgan fingerprint density at radius 1 is 0.808 bits per heavy atom. The first-order valence-electron chi connectivity index (χ1n) is 24.9. The smallest absolute Gasteiger partial charge is 0.293 e. The molecule has 2 saturated heterocycles. The van der Waals surface area contributed by atoms with Gasteiger partial charge in [-0.2, -0.15) is 0 Å². The highest BCUT2D eigenvalue weighted by atomic mass is 32.2. The average Bonchev–Trinajstić information content (AvgIpc) is 3.66. The van der Waals surface area contributed by atoms with E-state index in [0.29, 0.717) is 49.7 Å². The Hall–Kier alpha value is -6.44. The van der Waals surface area contributed by atoms with Gasteiger partial charge in [-0.15, -0.1) is 11.8 Å². The molecule has 18 heteroatoms. The summed E-state index contributed by atoms with van der Waals surface area (Å²) in [5.74, 6) is 0.201. The van der Waals surface area contributed by atoms with Gasteiger partial charge in [-0.1, -0.05) is 30.3 Å². The van der Waals surface area contributed by atoms with Crippen LogP contribution in [-0.4, -0.2) is 143 Å². The topological polar surface area (TPSA) is 152 Å². The maximum absolute atomic E-state index is 14.2. The predicted molar refractivity (Wildman–Crippen MR) is 294 cm³/mol. The fraction of sp³-hybridized carbons (Fsp3) is 0.364. The SMILES string of the molecule is Cc1c(C(=O)NCCCN2CCN(C)CC2)c(-c2cccc(N3CCN(c4ccc(NS(=O)(=O)c5ccc(NC(CCN(C)C)CSc6ccccc6)c([N+](=O)[O-])c5)cc4)CC3)c2)c(-c2ccc(F)cc2)n1C. The number of anilines is 4. The number of nitrogens with one attached hydrogen (secondary N) is 3. The van der Waals surface area contributed by atoms with E-state index < -0.39 is 14.9 Å². The van der Waals surface area contributed by atoms with E-state index in [9.17, 15) is 27.7 Å². The molecule has 386 valence electrons. The number of amides is 1. The summed E-state index contributed by atoms with van der Waals surface area (Å²) in [4.78, 5) is 38.3. The second-order valence-corrected chi connectivity index (χ2v) is 22.0. The quantitative estimate of drug-likeness (QED) is 0.0274. The summed E-state index contributed by atoms with van der Waals surface area (Å²) in [6.45, 7) is 11.2. The third kappa shape index (κ3) is 13.4. The lowest BCUT2D eigenvalue weighted by molar-refractivity contribution is -0.384. The fourth-order valence-electron chi connectivity index (χ4n) is 9.50. The summed E-state index contributed by atoms with van der Waals surface area (Å²) in [6.07, 6.45) is 1.57. The van der Waals surface area contributed by atoms with Crippen LogP contribution in [0.3, 0.4) is 0 Å². The monoisotopic (exact) mass is 1030 g/mol. The number of carbonyl (C=O) groups is 1. The number of nitro benzene ring substituents is 1. The summed E-state index contributed by atoms with van der Waals surface area (Å²) in [5, 5.41) is 18.9. The Labute approximate surface area is 433 Å². The van der Waals surface area contributed by atoms with Gasteiger partial charge in [0.2, 0.25) is 0 Å². The molecular formula is C55H67FN10O5S2. The van der Waals surface area contributed by atoms with Crippen molar-refractivity contribution in [2.75, 3.05) is 119 Å². The number of rotatable bonds is 21. The highest BCUT2D eigenvalue weighted by Gasteiger charge is 2.28. The standard InChI is InChI=1S/C55H67FN10O5S2/c1-40-52(55(67)57-26-10-27-63-31-29-61(4)30-32-63)53(54(62(40)5)41-15-17-43(56)18-16-41)42-11-9-12-47(37-42)65-35-33-64(34-36-65)46-21-19-44(20-22-46)59-73(70,71)49-23-24-50(51(38-49)66(68)69)58-45(25-28-60(2)3)39-72-48-13-7-6-8-14-48/h6-9,11-24,37-38,45,58-59H,10,25-36,39H2,1-5H3,(H,57,67). The summed E-state index contributed by atoms with van der Waals surface area (Å²) >= 11 is 1.66. The largest absolute Gasteiger partial charge is 0.376 e. The summed E-state index contributed by atoms with van der Waals surface area (Å²) in [7, 11) is 3.87. The molecule has 0 spiro atoms. The van der Waals surface area contributed by atoms with Gasteiger partial charge < -0.3 is 39.7 Å². The molecule has 6 aromatic rings.